The highest BCUT2D eigenvalue weighted by molar-refractivity contribution is 14.1. The Morgan fingerprint density at radius 1 is 1.02 bits per heavy atom. The quantitative estimate of drug-likeness (QED) is 0.172. The molecule has 9 nitrogen and oxygen atoms in total. The van der Waals surface area contributed by atoms with Gasteiger partial charge in [-0.2, -0.15) is 0 Å². The van der Waals surface area contributed by atoms with E-state index in [4.69, 9.17) is 21.1 Å². The zero-order valence-corrected chi connectivity index (χ0v) is 25.7. The number of aryl methyl sites for hydroxylation is 3. The van der Waals surface area contributed by atoms with Crippen LogP contribution in [0.15, 0.2) is 54.1 Å². The van der Waals surface area contributed by atoms with E-state index in [1.165, 1.54) is 12.1 Å². The minimum absolute atomic E-state index is 0.246. The molecule has 0 radical (unpaired) electrons. The molecular weight excluding hydrogens is 661 g/mol. The molecule has 212 valence electrons. The first-order chi connectivity index (χ1) is 19.5. The van der Waals surface area contributed by atoms with Crippen LogP contribution in [0.2, 0.25) is 5.02 Å². The van der Waals surface area contributed by atoms with Crippen molar-refractivity contribution in [1.29, 1.82) is 0 Å². The molecule has 0 unspecified atom stereocenters. The molecule has 0 saturated carbocycles. The van der Waals surface area contributed by atoms with Gasteiger partial charge in [0, 0.05) is 10.7 Å². The number of imide groups is 2. The third kappa shape index (κ3) is 6.88. The molecule has 1 saturated heterocycles. The van der Waals surface area contributed by atoms with Crippen LogP contribution in [0.4, 0.5) is 16.2 Å². The van der Waals surface area contributed by atoms with Gasteiger partial charge in [-0.1, -0.05) is 29.8 Å². The van der Waals surface area contributed by atoms with E-state index >= 15 is 0 Å². The highest BCUT2D eigenvalue weighted by Crippen LogP contribution is 2.36. The number of ether oxygens (including phenoxy) is 2. The first-order valence-electron chi connectivity index (χ1n) is 12.6. The van der Waals surface area contributed by atoms with Gasteiger partial charge in [-0.05, 0) is 109 Å². The van der Waals surface area contributed by atoms with Gasteiger partial charge in [0.15, 0.2) is 18.1 Å². The fourth-order valence-corrected chi connectivity index (χ4v) is 5.08. The number of carbonyl (C=O) groups is 4. The molecule has 11 heteroatoms. The van der Waals surface area contributed by atoms with Crippen molar-refractivity contribution in [3.05, 3.63) is 85.0 Å². The summed E-state index contributed by atoms with van der Waals surface area (Å²) >= 11 is 8.13. The molecule has 0 spiro atoms. The van der Waals surface area contributed by atoms with Crippen molar-refractivity contribution < 1.29 is 28.7 Å². The molecule has 3 aromatic rings. The SMILES string of the molecule is CCOc1cc(/C=C2\C(=O)NC(=O)N(c3cc(Cl)ccc3C)C2=O)cc(I)c1OCC(=O)Nc1cc(C)ccc1C. The average Bonchev–Trinajstić information content (AvgIpc) is 2.90. The highest BCUT2D eigenvalue weighted by atomic mass is 127. The van der Waals surface area contributed by atoms with Gasteiger partial charge in [-0.15, -0.1) is 0 Å². The zero-order valence-electron chi connectivity index (χ0n) is 22.8. The molecule has 41 heavy (non-hydrogen) atoms. The lowest BCUT2D eigenvalue weighted by molar-refractivity contribution is -0.122. The summed E-state index contributed by atoms with van der Waals surface area (Å²) in [5, 5.41) is 5.41. The van der Waals surface area contributed by atoms with Gasteiger partial charge in [0.25, 0.3) is 17.7 Å². The number of barbiturate groups is 1. The molecule has 0 atom stereocenters. The number of carbonyl (C=O) groups excluding carboxylic acids is 4. The number of nitrogens with zero attached hydrogens (tertiary/aromatic N) is 1. The Balaban J connectivity index is 1.60. The van der Waals surface area contributed by atoms with Crippen molar-refractivity contribution in [3.63, 3.8) is 0 Å². The van der Waals surface area contributed by atoms with Crippen molar-refractivity contribution in [2.24, 2.45) is 0 Å². The molecule has 2 N–H and O–H groups in total. The van der Waals surface area contributed by atoms with Crippen LogP contribution in [0.3, 0.4) is 0 Å². The van der Waals surface area contributed by atoms with Gasteiger partial charge < -0.3 is 14.8 Å². The predicted molar refractivity (Wildman–Crippen MR) is 166 cm³/mol. The van der Waals surface area contributed by atoms with Crippen molar-refractivity contribution in [1.82, 2.24) is 5.32 Å². The van der Waals surface area contributed by atoms with Crippen molar-refractivity contribution >= 4 is 75.4 Å². The van der Waals surface area contributed by atoms with Crippen LogP contribution in [-0.2, 0) is 14.4 Å². The van der Waals surface area contributed by atoms with Crippen LogP contribution in [-0.4, -0.2) is 37.0 Å². The number of anilines is 2. The second kappa shape index (κ2) is 12.7. The number of rotatable bonds is 8. The monoisotopic (exact) mass is 687 g/mol. The lowest BCUT2D eigenvalue weighted by atomic mass is 10.1. The maximum Gasteiger partial charge on any atom is 0.335 e. The second-order valence-corrected chi connectivity index (χ2v) is 10.9. The van der Waals surface area contributed by atoms with E-state index in [2.05, 4.69) is 10.6 Å². The fraction of sp³-hybridized carbons (Fsp3) is 0.200. The Morgan fingerprint density at radius 2 is 1.76 bits per heavy atom. The molecule has 1 heterocycles. The summed E-state index contributed by atoms with van der Waals surface area (Å²) in [5.74, 6) is -1.29. The van der Waals surface area contributed by atoms with Gasteiger partial charge in [0.05, 0.1) is 15.9 Å². The molecule has 5 amide bonds. The maximum atomic E-state index is 13.4. The zero-order chi connectivity index (χ0) is 29.8. The van der Waals surface area contributed by atoms with E-state index in [0.717, 1.165) is 16.0 Å². The van der Waals surface area contributed by atoms with Crippen molar-refractivity contribution in [2.75, 3.05) is 23.4 Å². The highest BCUT2D eigenvalue weighted by Gasteiger charge is 2.37. The van der Waals surface area contributed by atoms with Gasteiger partial charge in [-0.3, -0.25) is 19.7 Å². The normalized spacial score (nSPS) is 14.2. The number of benzene rings is 3. The third-order valence-corrected chi connectivity index (χ3v) is 7.21. The largest absolute Gasteiger partial charge is 0.490 e. The standard InChI is InChI=1S/C30H27ClIN3O6/c1-5-40-25-13-19(12-22(32)27(25)41-15-26(36)33-23-10-16(2)6-7-17(23)3)11-21-28(37)34-30(39)35(29(21)38)24-14-20(31)9-8-18(24)4/h6-14H,5,15H2,1-4H3,(H,33,36)(H,34,37,39)/b21-11+. The number of urea groups is 1. The number of hydrogen-bond acceptors (Lipinski definition) is 6. The maximum absolute atomic E-state index is 13.4. The van der Waals surface area contributed by atoms with E-state index in [-0.39, 0.29) is 23.8 Å². The first kappa shape index (κ1) is 30.1. The van der Waals surface area contributed by atoms with E-state index in [0.29, 0.717) is 43.5 Å². The summed E-state index contributed by atoms with van der Waals surface area (Å²) in [6, 6.07) is 13.0. The Morgan fingerprint density at radius 3 is 2.49 bits per heavy atom. The van der Waals surface area contributed by atoms with Crippen LogP contribution >= 0.6 is 34.2 Å². The number of hydrogen-bond donors (Lipinski definition) is 2. The summed E-state index contributed by atoms with van der Waals surface area (Å²) in [4.78, 5) is 52.2. The van der Waals surface area contributed by atoms with Gasteiger partial charge in [-0.25, -0.2) is 9.69 Å². The molecule has 1 fully saturated rings. The minimum atomic E-state index is -0.866. The molecule has 0 aliphatic carbocycles. The number of halogens is 2. The van der Waals surface area contributed by atoms with E-state index < -0.39 is 17.8 Å². The van der Waals surface area contributed by atoms with Gasteiger partial charge >= 0.3 is 6.03 Å². The minimum Gasteiger partial charge on any atom is -0.490 e. The average molecular weight is 688 g/mol. The van der Waals surface area contributed by atoms with Gasteiger partial charge in [0.1, 0.15) is 5.57 Å². The molecule has 1 aliphatic rings. The van der Waals surface area contributed by atoms with Crippen LogP contribution in [0.25, 0.3) is 6.08 Å². The van der Waals surface area contributed by atoms with Crippen molar-refractivity contribution in [3.8, 4) is 11.5 Å². The summed E-state index contributed by atoms with van der Waals surface area (Å²) in [7, 11) is 0. The topological polar surface area (TPSA) is 114 Å². The lowest BCUT2D eigenvalue weighted by Gasteiger charge is -2.27. The molecule has 0 aromatic heterocycles. The van der Waals surface area contributed by atoms with E-state index in [1.807, 2.05) is 54.6 Å². The van der Waals surface area contributed by atoms with Crippen LogP contribution in [0, 0.1) is 24.3 Å². The van der Waals surface area contributed by atoms with Crippen molar-refractivity contribution in [2.45, 2.75) is 27.7 Å². The van der Waals surface area contributed by atoms with Gasteiger partial charge in [0.2, 0.25) is 0 Å². The van der Waals surface area contributed by atoms with E-state index in [9.17, 15) is 19.2 Å². The summed E-state index contributed by atoms with van der Waals surface area (Å²) in [6.45, 7) is 7.41. The Kier molecular flexibility index (Phi) is 9.34. The Labute approximate surface area is 256 Å². The number of amides is 5. The summed E-state index contributed by atoms with van der Waals surface area (Å²) in [6.07, 6.45) is 1.37. The Bertz CT molecular complexity index is 1600. The molecule has 0 bridgehead atoms. The molecule has 1 aliphatic heterocycles. The van der Waals surface area contributed by atoms with Crippen LogP contribution < -0.4 is 25.0 Å². The third-order valence-electron chi connectivity index (χ3n) is 6.17. The van der Waals surface area contributed by atoms with Crippen LogP contribution in [0.1, 0.15) is 29.2 Å². The summed E-state index contributed by atoms with van der Waals surface area (Å²) < 4.78 is 12.2. The summed E-state index contributed by atoms with van der Waals surface area (Å²) in [5.41, 5.74) is 3.76. The molecule has 3 aromatic carbocycles. The fourth-order valence-electron chi connectivity index (χ4n) is 4.14. The molecule has 4 rings (SSSR count). The van der Waals surface area contributed by atoms with Crippen LogP contribution in [0.5, 0.6) is 11.5 Å². The molecular formula is C30H27ClIN3O6. The van der Waals surface area contributed by atoms with E-state index in [1.54, 1.807) is 38.1 Å². The first-order valence-corrected chi connectivity index (χ1v) is 14.1. The second-order valence-electron chi connectivity index (χ2n) is 9.31. The predicted octanol–water partition coefficient (Wildman–Crippen LogP) is 5.95. The number of nitrogens with one attached hydrogen (secondary N) is 2. The lowest BCUT2D eigenvalue weighted by Crippen LogP contribution is -2.54. The Hall–Kier alpha value is -3.90. The smallest absolute Gasteiger partial charge is 0.335 e.